The molecule has 5 rings (SSSR count). The Labute approximate surface area is 193 Å². The molecule has 3 aromatic carbocycles. The van der Waals surface area contributed by atoms with Gasteiger partial charge in [0.05, 0.1) is 25.5 Å². The molecule has 6 heteroatoms. The molecular weight excluding hydrogens is 420 g/mol. The highest BCUT2D eigenvalue weighted by Crippen LogP contribution is 2.50. The second-order valence-electron chi connectivity index (χ2n) is 7.73. The van der Waals surface area contributed by atoms with E-state index in [4.69, 9.17) is 19.3 Å². The van der Waals surface area contributed by atoms with E-state index in [1.165, 1.54) is 4.90 Å². The lowest BCUT2D eigenvalue weighted by molar-refractivity contribution is -0.0212. The van der Waals surface area contributed by atoms with E-state index in [1.807, 2.05) is 37.3 Å². The Bertz CT molecular complexity index is 1150. The maximum Gasteiger partial charge on any atom is 0.214 e. The van der Waals surface area contributed by atoms with Crippen LogP contribution in [-0.4, -0.2) is 30.7 Å². The van der Waals surface area contributed by atoms with Gasteiger partial charge >= 0.3 is 0 Å². The third-order valence-electron chi connectivity index (χ3n) is 5.88. The first kappa shape index (κ1) is 20.8. The van der Waals surface area contributed by atoms with Crippen LogP contribution in [-0.2, 0) is 0 Å². The van der Waals surface area contributed by atoms with Crippen molar-refractivity contribution < 1.29 is 14.2 Å². The summed E-state index contributed by atoms with van der Waals surface area (Å²) in [6.45, 7) is 2.58. The number of hydrogen-bond donors (Lipinski definition) is 0. The largest absolute Gasteiger partial charge is 0.497 e. The highest BCUT2D eigenvalue weighted by atomic mass is 32.2. The average molecular weight is 447 g/mol. The number of para-hydroxylation sites is 1. The molecule has 0 unspecified atom stereocenters. The first-order valence-corrected chi connectivity index (χ1v) is 12.0. The molecule has 3 aromatic rings. The summed E-state index contributed by atoms with van der Waals surface area (Å²) in [5.74, 6) is 2.43. The fourth-order valence-electron chi connectivity index (χ4n) is 4.32. The molecule has 2 aliphatic heterocycles. The lowest BCUT2D eigenvalue weighted by Crippen LogP contribution is -2.33. The number of methoxy groups -OCH3 is 1. The van der Waals surface area contributed by atoms with Crippen molar-refractivity contribution in [2.45, 2.75) is 30.5 Å². The number of benzene rings is 3. The Hall–Kier alpha value is -3.12. The zero-order valence-electron chi connectivity index (χ0n) is 18.4. The van der Waals surface area contributed by atoms with Crippen molar-refractivity contribution in [2.75, 3.05) is 20.0 Å². The number of ether oxygens (including phenoxy) is 3. The molecule has 2 atom stereocenters. The molecule has 0 saturated heterocycles. The van der Waals surface area contributed by atoms with Gasteiger partial charge in [-0.2, -0.15) is 5.10 Å². The summed E-state index contributed by atoms with van der Waals surface area (Å²) < 4.78 is 17.9. The van der Waals surface area contributed by atoms with Gasteiger partial charge in [0, 0.05) is 28.0 Å². The van der Waals surface area contributed by atoms with Crippen LogP contribution in [0, 0.1) is 0 Å². The number of hydrogen-bond acceptors (Lipinski definition) is 6. The summed E-state index contributed by atoms with van der Waals surface area (Å²) in [4.78, 5) is 1.22. The standard InChI is InChI=1S/C26H26N2O3S/c1-4-30-24-10-6-9-21-23-16-22(18-7-5-8-19(15-18)29-2)27-28(23)26(31-25(21)24)17-11-13-20(32-3)14-12-17/h5-15,23,26H,4,16H2,1-3H3/t23-,26+/m1/s1. The second kappa shape index (κ2) is 8.79. The van der Waals surface area contributed by atoms with E-state index >= 15 is 0 Å². The van der Waals surface area contributed by atoms with Crippen molar-refractivity contribution in [1.29, 1.82) is 0 Å². The first-order chi connectivity index (χ1) is 15.7. The van der Waals surface area contributed by atoms with Crippen LogP contribution in [0.3, 0.4) is 0 Å². The van der Waals surface area contributed by atoms with E-state index in [9.17, 15) is 0 Å². The molecule has 0 spiro atoms. The monoisotopic (exact) mass is 446 g/mol. The Morgan fingerprint density at radius 1 is 1.09 bits per heavy atom. The van der Waals surface area contributed by atoms with Crippen LogP contribution in [0.4, 0.5) is 0 Å². The topological polar surface area (TPSA) is 43.3 Å². The van der Waals surface area contributed by atoms with E-state index in [1.54, 1.807) is 18.9 Å². The fourth-order valence-corrected chi connectivity index (χ4v) is 4.73. The number of thioether (sulfide) groups is 1. The van der Waals surface area contributed by atoms with Gasteiger partial charge in [-0.05, 0) is 43.5 Å². The predicted octanol–water partition coefficient (Wildman–Crippen LogP) is 6.06. The maximum absolute atomic E-state index is 6.58. The molecule has 0 aromatic heterocycles. The summed E-state index contributed by atoms with van der Waals surface area (Å²) in [7, 11) is 1.69. The molecule has 0 N–H and O–H groups in total. The lowest BCUT2D eigenvalue weighted by Gasteiger charge is -2.38. The molecule has 0 saturated carbocycles. The Kier molecular flexibility index (Phi) is 5.70. The minimum absolute atomic E-state index is 0.0746. The Morgan fingerprint density at radius 2 is 1.91 bits per heavy atom. The molecule has 0 fully saturated rings. The van der Waals surface area contributed by atoms with E-state index in [0.29, 0.717) is 6.61 Å². The molecule has 2 heterocycles. The number of nitrogens with zero attached hydrogens (tertiary/aromatic N) is 2. The number of rotatable bonds is 6. The predicted molar refractivity (Wildman–Crippen MR) is 128 cm³/mol. The molecule has 32 heavy (non-hydrogen) atoms. The van der Waals surface area contributed by atoms with Crippen molar-refractivity contribution in [3.63, 3.8) is 0 Å². The molecular formula is C26H26N2O3S. The highest BCUT2D eigenvalue weighted by molar-refractivity contribution is 7.98. The molecule has 164 valence electrons. The van der Waals surface area contributed by atoms with Crippen LogP contribution in [0.15, 0.2) is 76.7 Å². The van der Waals surface area contributed by atoms with Crippen molar-refractivity contribution >= 4 is 17.5 Å². The SMILES string of the molecule is CCOc1cccc2c1O[C@@H](c1ccc(SC)cc1)N1N=C(c3cccc(OC)c3)C[C@H]21. The van der Waals surface area contributed by atoms with E-state index in [-0.39, 0.29) is 12.3 Å². The van der Waals surface area contributed by atoms with Gasteiger partial charge < -0.3 is 14.2 Å². The zero-order valence-corrected chi connectivity index (χ0v) is 19.3. The molecule has 0 bridgehead atoms. The van der Waals surface area contributed by atoms with Gasteiger partial charge in [0.1, 0.15) is 5.75 Å². The van der Waals surface area contributed by atoms with Crippen molar-refractivity contribution in [3.8, 4) is 17.2 Å². The molecule has 0 aliphatic carbocycles. The zero-order chi connectivity index (χ0) is 22.1. The third-order valence-corrected chi connectivity index (χ3v) is 6.63. The minimum atomic E-state index is -0.326. The summed E-state index contributed by atoms with van der Waals surface area (Å²) in [5.41, 5.74) is 4.27. The van der Waals surface area contributed by atoms with Crippen LogP contribution in [0.1, 0.15) is 42.3 Å². The number of hydrazone groups is 1. The average Bonchev–Trinajstić information content (AvgIpc) is 3.30. The summed E-state index contributed by atoms with van der Waals surface area (Å²) in [6.07, 6.45) is 2.55. The van der Waals surface area contributed by atoms with Crippen LogP contribution >= 0.6 is 11.8 Å². The third kappa shape index (κ3) is 3.69. The van der Waals surface area contributed by atoms with Crippen molar-refractivity contribution in [2.24, 2.45) is 5.10 Å². The van der Waals surface area contributed by atoms with Crippen LogP contribution in [0.2, 0.25) is 0 Å². The van der Waals surface area contributed by atoms with Gasteiger partial charge in [-0.3, -0.25) is 0 Å². The van der Waals surface area contributed by atoms with Crippen LogP contribution < -0.4 is 14.2 Å². The lowest BCUT2D eigenvalue weighted by atomic mass is 9.95. The van der Waals surface area contributed by atoms with Crippen LogP contribution in [0.5, 0.6) is 17.2 Å². The van der Waals surface area contributed by atoms with Crippen molar-refractivity contribution in [3.05, 3.63) is 83.4 Å². The van der Waals surface area contributed by atoms with Gasteiger partial charge in [-0.1, -0.05) is 36.4 Å². The molecule has 0 amide bonds. The second-order valence-corrected chi connectivity index (χ2v) is 8.61. The van der Waals surface area contributed by atoms with E-state index in [2.05, 4.69) is 47.7 Å². The quantitative estimate of drug-likeness (QED) is 0.431. The van der Waals surface area contributed by atoms with Crippen LogP contribution in [0.25, 0.3) is 0 Å². The molecule has 2 aliphatic rings. The highest BCUT2D eigenvalue weighted by Gasteiger charge is 2.42. The van der Waals surface area contributed by atoms with Gasteiger partial charge in [0.2, 0.25) is 6.23 Å². The maximum atomic E-state index is 6.58. The summed E-state index contributed by atoms with van der Waals surface area (Å²) in [6, 6.07) is 22.8. The Balaban J connectivity index is 1.59. The fraction of sp³-hybridized carbons (Fsp3) is 0.269. The minimum Gasteiger partial charge on any atom is -0.497 e. The van der Waals surface area contributed by atoms with Gasteiger partial charge in [-0.25, -0.2) is 5.01 Å². The normalized spacial score (nSPS) is 19.0. The van der Waals surface area contributed by atoms with Gasteiger partial charge in [0.25, 0.3) is 0 Å². The molecule has 5 nitrogen and oxygen atoms in total. The molecule has 0 radical (unpaired) electrons. The first-order valence-electron chi connectivity index (χ1n) is 10.8. The van der Waals surface area contributed by atoms with Gasteiger partial charge in [-0.15, -0.1) is 11.8 Å². The summed E-state index contributed by atoms with van der Waals surface area (Å²) >= 11 is 1.73. The Morgan fingerprint density at radius 3 is 2.66 bits per heavy atom. The van der Waals surface area contributed by atoms with Gasteiger partial charge in [0.15, 0.2) is 11.5 Å². The number of fused-ring (bicyclic) bond motifs is 3. The smallest absolute Gasteiger partial charge is 0.214 e. The summed E-state index contributed by atoms with van der Waals surface area (Å²) in [5, 5.41) is 7.15. The van der Waals surface area contributed by atoms with E-state index in [0.717, 1.165) is 46.1 Å². The van der Waals surface area contributed by atoms with E-state index < -0.39 is 0 Å². The van der Waals surface area contributed by atoms with Crippen molar-refractivity contribution in [1.82, 2.24) is 5.01 Å².